The van der Waals surface area contributed by atoms with Gasteiger partial charge in [0.15, 0.2) is 0 Å². The highest BCUT2D eigenvalue weighted by molar-refractivity contribution is 5.83. The molecule has 0 saturated heterocycles. The van der Waals surface area contributed by atoms with Crippen LogP contribution in [-0.2, 0) is 4.79 Å². The molecule has 0 aliphatic carbocycles. The second kappa shape index (κ2) is 6.40. The first-order chi connectivity index (χ1) is 12.6. The standard InChI is InChI=1S/C19H20FN5O/c1-24(2)19-22-8-12(9-23-19)18-16-10-21-17-4-3-13(20)7-15(17)14(16)5-6-25(18)11-26/h3-4,7-9,11,18,21H,5-6,10H2,1-2H3. The Bertz CT molecular complexity index is 878. The van der Waals surface area contributed by atoms with E-state index < -0.39 is 0 Å². The number of anilines is 2. The average Bonchev–Trinajstić information content (AvgIpc) is 2.66. The number of nitrogens with zero attached hydrogens (tertiary/aromatic N) is 4. The highest BCUT2D eigenvalue weighted by atomic mass is 19.1. The summed E-state index contributed by atoms with van der Waals surface area (Å²) in [5.41, 5.74) is 4.85. The normalized spacial score (nSPS) is 18.7. The molecule has 2 aromatic rings. The van der Waals surface area contributed by atoms with Gasteiger partial charge in [-0.05, 0) is 35.8 Å². The van der Waals surface area contributed by atoms with Crippen LogP contribution in [0.3, 0.4) is 0 Å². The van der Waals surface area contributed by atoms with Gasteiger partial charge in [-0.15, -0.1) is 0 Å². The van der Waals surface area contributed by atoms with Gasteiger partial charge in [0.05, 0.1) is 6.04 Å². The quantitative estimate of drug-likeness (QED) is 0.859. The minimum atomic E-state index is -0.257. The number of halogens is 1. The summed E-state index contributed by atoms with van der Waals surface area (Å²) in [4.78, 5) is 24.0. The zero-order valence-electron chi connectivity index (χ0n) is 14.7. The van der Waals surface area contributed by atoms with E-state index in [-0.39, 0.29) is 11.9 Å². The van der Waals surface area contributed by atoms with E-state index in [0.717, 1.165) is 34.4 Å². The van der Waals surface area contributed by atoms with E-state index in [0.29, 0.717) is 25.5 Å². The molecule has 1 aromatic carbocycles. The molecule has 0 fully saturated rings. The molecule has 0 bridgehead atoms. The van der Waals surface area contributed by atoms with Gasteiger partial charge in [-0.25, -0.2) is 14.4 Å². The second-order valence-corrected chi connectivity index (χ2v) is 6.75. The van der Waals surface area contributed by atoms with Crippen LogP contribution < -0.4 is 10.2 Å². The van der Waals surface area contributed by atoms with Crippen LogP contribution in [0.15, 0.2) is 36.2 Å². The largest absolute Gasteiger partial charge is 0.381 e. The lowest BCUT2D eigenvalue weighted by Gasteiger charge is -2.39. The highest BCUT2D eigenvalue weighted by Crippen LogP contribution is 2.43. The Kier molecular flexibility index (Phi) is 4.06. The molecule has 0 spiro atoms. The molecule has 6 nitrogen and oxygen atoms in total. The van der Waals surface area contributed by atoms with Crippen LogP contribution in [0.2, 0.25) is 0 Å². The molecule has 1 unspecified atom stereocenters. The number of carbonyl (C=O) groups excluding carboxylic acids is 1. The van der Waals surface area contributed by atoms with E-state index in [1.165, 1.54) is 6.07 Å². The zero-order valence-corrected chi connectivity index (χ0v) is 14.7. The van der Waals surface area contributed by atoms with Gasteiger partial charge in [0.25, 0.3) is 0 Å². The van der Waals surface area contributed by atoms with Gasteiger partial charge in [0.1, 0.15) is 5.82 Å². The van der Waals surface area contributed by atoms with Crippen molar-refractivity contribution in [3.8, 4) is 0 Å². The van der Waals surface area contributed by atoms with Crippen molar-refractivity contribution in [2.45, 2.75) is 12.5 Å². The monoisotopic (exact) mass is 353 g/mol. The summed E-state index contributed by atoms with van der Waals surface area (Å²) in [6.07, 6.45) is 5.11. The molecule has 3 heterocycles. The summed E-state index contributed by atoms with van der Waals surface area (Å²) in [5, 5.41) is 3.35. The SMILES string of the molecule is CN(C)c1ncc(C2C3=C(CCN2C=O)c2cc(F)ccc2NC3)cn1. The van der Waals surface area contributed by atoms with E-state index in [9.17, 15) is 9.18 Å². The molecule has 1 aromatic heterocycles. The van der Waals surface area contributed by atoms with Crippen molar-refractivity contribution in [2.75, 3.05) is 37.4 Å². The van der Waals surface area contributed by atoms with E-state index in [1.807, 2.05) is 19.0 Å². The lowest BCUT2D eigenvalue weighted by Crippen LogP contribution is -2.37. The molecular formula is C19H20FN5O. The summed E-state index contributed by atoms with van der Waals surface area (Å²) in [6, 6.07) is 4.56. The van der Waals surface area contributed by atoms with Crippen molar-refractivity contribution in [1.82, 2.24) is 14.9 Å². The fourth-order valence-electron chi connectivity index (χ4n) is 3.73. The molecular weight excluding hydrogens is 333 g/mol. The molecule has 1 N–H and O–H groups in total. The Hall–Kier alpha value is -2.96. The summed E-state index contributed by atoms with van der Waals surface area (Å²) in [7, 11) is 3.76. The summed E-state index contributed by atoms with van der Waals surface area (Å²) >= 11 is 0. The fraction of sp³-hybridized carbons (Fsp3) is 0.316. The molecule has 0 saturated carbocycles. The lowest BCUT2D eigenvalue weighted by molar-refractivity contribution is -0.119. The predicted molar refractivity (Wildman–Crippen MR) is 98.3 cm³/mol. The van der Waals surface area contributed by atoms with Crippen LogP contribution in [0.1, 0.15) is 23.6 Å². The summed E-state index contributed by atoms with van der Waals surface area (Å²) in [6.45, 7) is 1.19. The van der Waals surface area contributed by atoms with E-state index >= 15 is 0 Å². The van der Waals surface area contributed by atoms with E-state index in [4.69, 9.17) is 0 Å². The van der Waals surface area contributed by atoms with Crippen LogP contribution in [0.5, 0.6) is 0 Å². The van der Waals surface area contributed by atoms with Gasteiger partial charge in [-0.2, -0.15) is 0 Å². The third-order valence-corrected chi connectivity index (χ3v) is 4.95. The third-order valence-electron chi connectivity index (χ3n) is 4.95. The number of fused-ring (bicyclic) bond motifs is 2. The molecule has 1 atom stereocenters. The lowest BCUT2D eigenvalue weighted by atomic mass is 9.83. The van der Waals surface area contributed by atoms with Crippen molar-refractivity contribution < 1.29 is 9.18 Å². The Balaban J connectivity index is 1.81. The third kappa shape index (κ3) is 2.69. The maximum absolute atomic E-state index is 13.8. The first kappa shape index (κ1) is 16.5. The zero-order chi connectivity index (χ0) is 18.3. The first-order valence-electron chi connectivity index (χ1n) is 8.54. The number of nitrogens with one attached hydrogen (secondary N) is 1. The van der Waals surface area contributed by atoms with Crippen molar-refractivity contribution in [3.05, 3.63) is 53.1 Å². The number of carbonyl (C=O) groups is 1. The van der Waals surface area contributed by atoms with Crippen molar-refractivity contribution in [3.63, 3.8) is 0 Å². The van der Waals surface area contributed by atoms with Crippen molar-refractivity contribution >= 4 is 23.6 Å². The average molecular weight is 353 g/mol. The number of hydrogen-bond donors (Lipinski definition) is 1. The van der Waals surface area contributed by atoms with Gasteiger partial charge < -0.3 is 15.1 Å². The minimum absolute atomic E-state index is 0.239. The molecule has 0 radical (unpaired) electrons. The Labute approximate surface area is 151 Å². The summed E-state index contributed by atoms with van der Waals surface area (Å²) in [5.74, 6) is 0.359. The molecule has 26 heavy (non-hydrogen) atoms. The van der Waals surface area contributed by atoms with Crippen LogP contribution in [0.4, 0.5) is 16.0 Å². The van der Waals surface area contributed by atoms with Gasteiger partial charge in [0, 0.05) is 56.4 Å². The molecule has 1 amide bonds. The number of benzene rings is 1. The smallest absolute Gasteiger partial charge is 0.224 e. The van der Waals surface area contributed by atoms with Crippen LogP contribution >= 0.6 is 0 Å². The molecule has 2 aliphatic rings. The number of hydrogen-bond acceptors (Lipinski definition) is 5. The van der Waals surface area contributed by atoms with Crippen LogP contribution in [-0.4, -0.2) is 48.5 Å². The fourth-order valence-corrected chi connectivity index (χ4v) is 3.73. The molecule has 4 rings (SSSR count). The van der Waals surface area contributed by atoms with Crippen molar-refractivity contribution in [1.29, 1.82) is 0 Å². The molecule has 2 aliphatic heterocycles. The number of amides is 1. The van der Waals surface area contributed by atoms with Crippen LogP contribution in [0.25, 0.3) is 5.57 Å². The van der Waals surface area contributed by atoms with Gasteiger partial charge in [0.2, 0.25) is 12.4 Å². The van der Waals surface area contributed by atoms with Crippen LogP contribution in [0, 0.1) is 5.82 Å². The number of aromatic nitrogens is 2. The maximum Gasteiger partial charge on any atom is 0.224 e. The second-order valence-electron chi connectivity index (χ2n) is 6.75. The van der Waals surface area contributed by atoms with Gasteiger partial charge in [-0.3, -0.25) is 4.79 Å². The van der Waals surface area contributed by atoms with Gasteiger partial charge in [-0.1, -0.05) is 0 Å². The Morgan fingerprint density at radius 3 is 2.77 bits per heavy atom. The Morgan fingerprint density at radius 1 is 1.31 bits per heavy atom. The first-order valence-corrected chi connectivity index (χ1v) is 8.54. The molecule has 7 heteroatoms. The number of rotatable bonds is 3. The summed E-state index contributed by atoms with van der Waals surface area (Å²) < 4.78 is 13.8. The topological polar surface area (TPSA) is 61.4 Å². The highest BCUT2D eigenvalue weighted by Gasteiger charge is 2.34. The Morgan fingerprint density at radius 2 is 2.08 bits per heavy atom. The van der Waals surface area contributed by atoms with Gasteiger partial charge >= 0.3 is 0 Å². The van der Waals surface area contributed by atoms with E-state index in [1.54, 1.807) is 29.4 Å². The minimum Gasteiger partial charge on any atom is -0.381 e. The predicted octanol–water partition coefficient (Wildman–Crippen LogP) is 2.46. The maximum atomic E-state index is 13.8. The molecule has 134 valence electrons. The van der Waals surface area contributed by atoms with E-state index in [2.05, 4.69) is 15.3 Å². The van der Waals surface area contributed by atoms with Crippen molar-refractivity contribution in [2.24, 2.45) is 0 Å².